The van der Waals surface area contributed by atoms with E-state index in [1.165, 1.54) is 0 Å². The van der Waals surface area contributed by atoms with Gasteiger partial charge in [0, 0.05) is 29.2 Å². The van der Waals surface area contributed by atoms with Gasteiger partial charge in [0.15, 0.2) is 0 Å². The summed E-state index contributed by atoms with van der Waals surface area (Å²) in [5, 5.41) is 4.29. The van der Waals surface area contributed by atoms with E-state index in [1.807, 2.05) is 36.4 Å². The van der Waals surface area contributed by atoms with Crippen molar-refractivity contribution in [3.8, 4) is 5.75 Å². The number of pyridine rings is 1. The molecular weight excluding hydrogens is 352 g/mol. The van der Waals surface area contributed by atoms with Gasteiger partial charge in [0.1, 0.15) is 5.75 Å². The summed E-state index contributed by atoms with van der Waals surface area (Å²) in [4.78, 5) is 25.4. The number of methoxy groups -OCH3 is 1. The number of aromatic nitrogens is 1. The molecule has 0 unspecified atom stereocenters. The molecule has 0 saturated carbocycles. The molecule has 0 aliphatic heterocycles. The number of hydrogen-bond acceptors (Lipinski definition) is 3. The highest BCUT2D eigenvalue weighted by Gasteiger charge is 2.14. The van der Waals surface area contributed by atoms with Gasteiger partial charge in [-0.3, -0.25) is 9.59 Å². The molecular formula is C23H26N2O3. The number of hydrogen-bond donors (Lipinski definition) is 1. The maximum absolute atomic E-state index is 12.8. The van der Waals surface area contributed by atoms with Gasteiger partial charge in [-0.25, -0.2) is 0 Å². The van der Waals surface area contributed by atoms with Crippen molar-refractivity contribution in [2.45, 2.75) is 33.7 Å². The Morgan fingerprint density at radius 1 is 1.07 bits per heavy atom. The minimum Gasteiger partial charge on any atom is -0.497 e. The molecule has 146 valence electrons. The summed E-state index contributed by atoms with van der Waals surface area (Å²) in [7, 11) is 1.60. The monoisotopic (exact) mass is 378 g/mol. The third-order valence-electron chi connectivity index (χ3n) is 4.44. The fraction of sp³-hybridized carbons (Fsp3) is 0.304. The van der Waals surface area contributed by atoms with Crippen LogP contribution in [0.2, 0.25) is 0 Å². The van der Waals surface area contributed by atoms with Crippen LogP contribution in [0.3, 0.4) is 0 Å². The van der Waals surface area contributed by atoms with E-state index in [4.69, 9.17) is 4.74 Å². The average Bonchev–Trinajstić information content (AvgIpc) is 2.63. The maximum atomic E-state index is 12.8. The fourth-order valence-corrected chi connectivity index (χ4v) is 3.22. The largest absolute Gasteiger partial charge is 0.497 e. The number of carbonyl (C=O) groups is 1. The van der Waals surface area contributed by atoms with Crippen molar-refractivity contribution < 1.29 is 9.53 Å². The molecule has 1 amide bonds. The van der Waals surface area contributed by atoms with Gasteiger partial charge in [0.2, 0.25) is 5.91 Å². The van der Waals surface area contributed by atoms with Crippen LogP contribution >= 0.6 is 0 Å². The number of nitrogens with zero attached hydrogens (tertiary/aromatic N) is 1. The van der Waals surface area contributed by atoms with Crippen molar-refractivity contribution in [1.82, 2.24) is 4.57 Å². The van der Waals surface area contributed by atoms with Crippen LogP contribution in [0, 0.1) is 5.41 Å². The van der Waals surface area contributed by atoms with E-state index in [2.05, 4.69) is 26.1 Å². The molecule has 1 aromatic heterocycles. The maximum Gasteiger partial charge on any atom is 0.258 e. The normalized spacial score (nSPS) is 11.4. The quantitative estimate of drug-likeness (QED) is 0.722. The highest BCUT2D eigenvalue weighted by molar-refractivity contribution is 6.02. The lowest BCUT2D eigenvalue weighted by atomic mass is 9.96. The summed E-state index contributed by atoms with van der Waals surface area (Å²) in [5.41, 5.74) is 1.46. The van der Waals surface area contributed by atoms with Crippen LogP contribution in [0.25, 0.3) is 10.8 Å². The van der Waals surface area contributed by atoms with Crippen LogP contribution < -0.4 is 15.6 Å². The number of amides is 1. The predicted octanol–water partition coefficient (Wildman–Crippen LogP) is 4.24. The molecule has 2 aromatic carbocycles. The lowest BCUT2D eigenvalue weighted by Crippen LogP contribution is -2.26. The van der Waals surface area contributed by atoms with Crippen molar-refractivity contribution >= 4 is 22.4 Å². The van der Waals surface area contributed by atoms with Crippen molar-refractivity contribution in [3.63, 3.8) is 0 Å². The SMILES string of the molecule is COc1cccc(CC(=O)Nc2cccc3c(=O)n(CC(C)(C)C)ccc23)c1. The van der Waals surface area contributed by atoms with E-state index in [0.717, 1.165) is 16.7 Å². The minimum absolute atomic E-state index is 0.0000694. The Balaban J connectivity index is 1.86. The third kappa shape index (κ3) is 4.60. The first-order chi connectivity index (χ1) is 13.3. The number of rotatable bonds is 5. The lowest BCUT2D eigenvalue weighted by molar-refractivity contribution is -0.115. The summed E-state index contributed by atoms with van der Waals surface area (Å²) in [5.74, 6) is 0.578. The molecule has 0 radical (unpaired) electrons. The second kappa shape index (κ2) is 7.89. The molecule has 3 aromatic rings. The molecule has 0 fully saturated rings. The Labute approximate surface area is 165 Å². The molecule has 1 N–H and O–H groups in total. The summed E-state index contributed by atoms with van der Waals surface area (Å²) in [6, 6.07) is 14.7. The number of carbonyl (C=O) groups excluding carboxylic acids is 1. The number of anilines is 1. The molecule has 28 heavy (non-hydrogen) atoms. The van der Waals surface area contributed by atoms with Gasteiger partial charge >= 0.3 is 0 Å². The molecule has 3 rings (SSSR count). The standard InChI is InChI=1S/C23H26N2O3/c1-23(2,3)15-25-12-11-18-19(22(25)27)9-6-10-20(18)24-21(26)14-16-7-5-8-17(13-16)28-4/h5-13H,14-15H2,1-4H3,(H,24,26). The predicted molar refractivity (Wildman–Crippen MR) is 113 cm³/mol. The zero-order chi connectivity index (χ0) is 20.3. The zero-order valence-corrected chi connectivity index (χ0v) is 16.8. The highest BCUT2D eigenvalue weighted by atomic mass is 16.5. The molecule has 0 aliphatic carbocycles. The third-order valence-corrected chi connectivity index (χ3v) is 4.44. The number of nitrogens with one attached hydrogen (secondary N) is 1. The van der Waals surface area contributed by atoms with E-state index in [1.54, 1.807) is 30.0 Å². The van der Waals surface area contributed by atoms with E-state index in [0.29, 0.717) is 17.6 Å². The second-order valence-electron chi connectivity index (χ2n) is 8.15. The smallest absolute Gasteiger partial charge is 0.258 e. The number of ether oxygens (including phenoxy) is 1. The first-order valence-corrected chi connectivity index (χ1v) is 9.32. The summed E-state index contributed by atoms with van der Waals surface area (Å²) in [6.07, 6.45) is 2.03. The van der Waals surface area contributed by atoms with Crippen molar-refractivity contribution in [1.29, 1.82) is 0 Å². The molecule has 0 spiro atoms. The molecule has 0 aliphatic rings. The van der Waals surface area contributed by atoms with Gasteiger partial charge in [-0.1, -0.05) is 39.0 Å². The topological polar surface area (TPSA) is 60.3 Å². The van der Waals surface area contributed by atoms with Crippen LogP contribution in [0.4, 0.5) is 5.69 Å². The van der Waals surface area contributed by atoms with E-state index in [-0.39, 0.29) is 23.3 Å². The molecule has 5 nitrogen and oxygen atoms in total. The Morgan fingerprint density at radius 3 is 2.54 bits per heavy atom. The van der Waals surface area contributed by atoms with Crippen LogP contribution in [-0.2, 0) is 17.8 Å². The van der Waals surface area contributed by atoms with E-state index in [9.17, 15) is 9.59 Å². The lowest BCUT2D eigenvalue weighted by Gasteiger charge is -2.20. The van der Waals surface area contributed by atoms with E-state index >= 15 is 0 Å². The summed E-state index contributed by atoms with van der Waals surface area (Å²) < 4.78 is 6.93. The van der Waals surface area contributed by atoms with Gasteiger partial charge in [-0.05, 0) is 41.3 Å². The van der Waals surface area contributed by atoms with Crippen molar-refractivity contribution in [2.75, 3.05) is 12.4 Å². The highest BCUT2D eigenvalue weighted by Crippen LogP contribution is 2.23. The fourth-order valence-electron chi connectivity index (χ4n) is 3.22. The Morgan fingerprint density at radius 2 is 1.82 bits per heavy atom. The van der Waals surface area contributed by atoms with Crippen molar-refractivity contribution in [2.24, 2.45) is 5.41 Å². The molecule has 0 saturated heterocycles. The number of benzene rings is 2. The molecule has 0 bridgehead atoms. The first-order valence-electron chi connectivity index (χ1n) is 9.32. The van der Waals surface area contributed by atoms with Crippen LogP contribution in [0.15, 0.2) is 59.5 Å². The first kappa shape index (κ1) is 19.7. The second-order valence-corrected chi connectivity index (χ2v) is 8.15. The Bertz CT molecular complexity index is 1060. The van der Waals surface area contributed by atoms with Gasteiger partial charge < -0.3 is 14.6 Å². The zero-order valence-electron chi connectivity index (χ0n) is 16.8. The Kier molecular flexibility index (Phi) is 5.54. The average molecular weight is 378 g/mol. The van der Waals surface area contributed by atoms with Crippen molar-refractivity contribution in [3.05, 3.63) is 70.6 Å². The van der Waals surface area contributed by atoms with Gasteiger partial charge in [-0.15, -0.1) is 0 Å². The number of fused-ring (bicyclic) bond motifs is 1. The molecule has 5 heteroatoms. The molecule has 1 heterocycles. The minimum atomic E-state index is -0.139. The van der Waals surface area contributed by atoms with Crippen LogP contribution in [0.5, 0.6) is 5.75 Å². The van der Waals surface area contributed by atoms with Gasteiger partial charge in [0.05, 0.1) is 13.5 Å². The Hall–Kier alpha value is -3.08. The van der Waals surface area contributed by atoms with Crippen LogP contribution in [0.1, 0.15) is 26.3 Å². The molecule has 0 atom stereocenters. The van der Waals surface area contributed by atoms with E-state index < -0.39 is 0 Å². The van der Waals surface area contributed by atoms with Crippen LogP contribution in [-0.4, -0.2) is 17.6 Å². The summed E-state index contributed by atoms with van der Waals surface area (Å²) >= 11 is 0. The van der Waals surface area contributed by atoms with Gasteiger partial charge in [-0.2, -0.15) is 0 Å². The van der Waals surface area contributed by atoms with Gasteiger partial charge in [0.25, 0.3) is 5.56 Å². The summed E-state index contributed by atoms with van der Waals surface area (Å²) in [6.45, 7) is 6.92.